The Labute approximate surface area is 113 Å². The summed E-state index contributed by atoms with van der Waals surface area (Å²) in [5, 5.41) is 0. The van der Waals surface area contributed by atoms with Crippen LogP contribution < -0.4 is 0 Å². The van der Waals surface area contributed by atoms with E-state index in [9.17, 15) is 0 Å². The molecule has 0 saturated carbocycles. The van der Waals surface area contributed by atoms with Gasteiger partial charge in [-0.1, -0.05) is 39.5 Å². The van der Waals surface area contributed by atoms with Crippen LogP contribution in [-0.2, 0) is 8.23 Å². The average Bonchev–Trinajstić information content (AvgIpc) is 2.19. The fraction of sp³-hybridized carbons (Fsp3) is 1.00. The van der Waals surface area contributed by atoms with Crippen LogP contribution in [0.2, 0.25) is 38.3 Å². The topological polar surface area (TPSA) is 18.5 Å². The van der Waals surface area contributed by atoms with E-state index in [-0.39, 0.29) is 0 Å². The predicted octanol–water partition coefficient (Wildman–Crippen LogP) is 4.03. The van der Waals surface area contributed by atoms with Gasteiger partial charge in [0.25, 0.3) is 0 Å². The van der Waals surface area contributed by atoms with E-state index in [2.05, 4.69) is 40.0 Å². The van der Waals surface area contributed by atoms with Crippen LogP contribution in [0.3, 0.4) is 0 Å². The molecule has 0 atom stereocenters. The highest BCUT2D eigenvalue weighted by Crippen LogP contribution is 2.18. The summed E-state index contributed by atoms with van der Waals surface area (Å²) in [5.41, 5.74) is 0. The molecule has 0 saturated heterocycles. The van der Waals surface area contributed by atoms with Crippen molar-refractivity contribution < 1.29 is 8.23 Å². The normalized spacial score (nSPS) is 12.7. The van der Waals surface area contributed by atoms with E-state index in [0.717, 1.165) is 0 Å². The van der Waals surface area contributed by atoms with Crippen LogP contribution in [0.15, 0.2) is 0 Å². The molecular formula is C12H32O2Si3. The van der Waals surface area contributed by atoms with Gasteiger partial charge in [-0.15, -0.1) is 0 Å². The minimum absolute atomic E-state index is 0.950. The lowest BCUT2D eigenvalue weighted by atomic mass is 10.4. The largest absolute Gasteiger partial charge is 0.440 e. The molecule has 17 heavy (non-hydrogen) atoms. The van der Waals surface area contributed by atoms with Crippen molar-refractivity contribution in [2.24, 2.45) is 0 Å². The van der Waals surface area contributed by atoms with E-state index >= 15 is 0 Å². The summed E-state index contributed by atoms with van der Waals surface area (Å²) in [6.45, 7) is 13.5. The third kappa shape index (κ3) is 10.2. The Morgan fingerprint density at radius 2 is 1.35 bits per heavy atom. The maximum Gasteiger partial charge on any atom is 0.310 e. The summed E-state index contributed by atoms with van der Waals surface area (Å²) in [7, 11) is -3.75. The summed E-state index contributed by atoms with van der Waals surface area (Å²) in [4.78, 5) is 0. The second-order valence-corrected chi connectivity index (χ2v) is 14.8. The molecule has 0 aliphatic rings. The standard InChI is InChI=1S/C12H32O2Si3/c1-7-9-11-16(12-10-8-2)14-17(5,6)13-15(3)4/h15-16H,7-12H2,1-6H3. The second-order valence-electron chi connectivity index (χ2n) is 5.59. The van der Waals surface area contributed by atoms with Crippen molar-refractivity contribution in [2.75, 3.05) is 0 Å². The molecule has 0 bridgehead atoms. The third-order valence-electron chi connectivity index (χ3n) is 2.73. The molecule has 2 nitrogen and oxygen atoms in total. The average molecular weight is 293 g/mol. The molecule has 104 valence electrons. The van der Waals surface area contributed by atoms with Crippen LogP contribution in [0.4, 0.5) is 0 Å². The zero-order chi connectivity index (χ0) is 13.3. The van der Waals surface area contributed by atoms with Crippen molar-refractivity contribution in [3.8, 4) is 0 Å². The van der Waals surface area contributed by atoms with Gasteiger partial charge in [-0.2, -0.15) is 0 Å². The Hall–Kier alpha value is 0.571. The first-order valence-corrected chi connectivity index (χ1v) is 15.0. The van der Waals surface area contributed by atoms with Crippen molar-refractivity contribution >= 4 is 26.6 Å². The predicted molar refractivity (Wildman–Crippen MR) is 85.1 cm³/mol. The lowest BCUT2D eigenvalue weighted by molar-refractivity contribution is 0.406. The number of hydrogen-bond acceptors (Lipinski definition) is 2. The van der Waals surface area contributed by atoms with Crippen LogP contribution in [0.25, 0.3) is 0 Å². The molecule has 0 heterocycles. The van der Waals surface area contributed by atoms with Crippen molar-refractivity contribution in [3.63, 3.8) is 0 Å². The van der Waals surface area contributed by atoms with Crippen molar-refractivity contribution in [2.45, 2.75) is 77.8 Å². The minimum Gasteiger partial charge on any atom is -0.440 e. The van der Waals surface area contributed by atoms with Crippen LogP contribution in [0, 0.1) is 0 Å². The van der Waals surface area contributed by atoms with E-state index in [1.54, 1.807) is 0 Å². The molecule has 0 radical (unpaired) electrons. The van der Waals surface area contributed by atoms with Crippen LogP contribution in [0.1, 0.15) is 39.5 Å². The molecule has 0 aromatic carbocycles. The monoisotopic (exact) mass is 292 g/mol. The highest BCUT2D eigenvalue weighted by atomic mass is 28.5. The first kappa shape index (κ1) is 17.6. The van der Waals surface area contributed by atoms with Crippen LogP contribution in [0.5, 0.6) is 0 Å². The highest BCUT2D eigenvalue weighted by Gasteiger charge is 2.29. The highest BCUT2D eigenvalue weighted by molar-refractivity contribution is 6.78. The van der Waals surface area contributed by atoms with E-state index in [4.69, 9.17) is 8.23 Å². The molecule has 0 aliphatic carbocycles. The molecular weight excluding hydrogens is 260 g/mol. The van der Waals surface area contributed by atoms with Gasteiger partial charge in [0.15, 0.2) is 18.1 Å². The summed E-state index contributed by atoms with van der Waals surface area (Å²) >= 11 is 0. The van der Waals surface area contributed by atoms with E-state index < -0.39 is 26.6 Å². The Morgan fingerprint density at radius 1 is 0.882 bits per heavy atom. The molecule has 5 heteroatoms. The second kappa shape index (κ2) is 9.49. The first-order valence-electron chi connectivity index (χ1n) is 7.27. The van der Waals surface area contributed by atoms with Crippen molar-refractivity contribution in [1.82, 2.24) is 0 Å². The maximum absolute atomic E-state index is 6.44. The quantitative estimate of drug-likeness (QED) is 0.566. The van der Waals surface area contributed by atoms with Gasteiger partial charge in [0.2, 0.25) is 0 Å². The Kier molecular flexibility index (Phi) is 9.81. The van der Waals surface area contributed by atoms with Gasteiger partial charge in [-0.05, 0) is 38.3 Å². The molecule has 0 spiro atoms. The van der Waals surface area contributed by atoms with Gasteiger partial charge < -0.3 is 8.23 Å². The van der Waals surface area contributed by atoms with Gasteiger partial charge in [-0.3, -0.25) is 0 Å². The van der Waals surface area contributed by atoms with Gasteiger partial charge in [-0.25, -0.2) is 0 Å². The number of unbranched alkanes of at least 4 members (excludes halogenated alkanes) is 2. The summed E-state index contributed by atoms with van der Waals surface area (Å²) in [6.07, 6.45) is 5.26. The lowest BCUT2D eigenvalue weighted by Gasteiger charge is -2.30. The van der Waals surface area contributed by atoms with E-state index in [1.807, 2.05) is 0 Å². The minimum atomic E-state index is -1.81. The first-order chi connectivity index (χ1) is 7.91. The van der Waals surface area contributed by atoms with Crippen molar-refractivity contribution in [3.05, 3.63) is 0 Å². The van der Waals surface area contributed by atoms with Crippen LogP contribution in [-0.4, -0.2) is 26.6 Å². The molecule has 0 aromatic rings. The van der Waals surface area contributed by atoms with E-state index in [1.165, 1.54) is 37.8 Å². The molecule has 0 unspecified atom stereocenters. The smallest absolute Gasteiger partial charge is 0.310 e. The molecule has 0 aliphatic heterocycles. The fourth-order valence-corrected chi connectivity index (χ4v) is 13.6. The zero-order valence-electron chi connectivity index (χ0n) is 12.7. The molecule has 0 rings (SSSR count). The number of hydrogen-bond donors (Lipinski definition) is 0. The van der Waals surface area contributed by atoms with Gasteiger partial charge >= 0.3 is 8.56 Å². The summed E-state index contributed by atoms with van der Waals surface area (Å²) in [5.74, 6) is 0. The molecule has 0 aromatic heterocycles. The Morgan fingerprint density at radius 3 is 1.71 bits per heavy atom. The number of rotatable bonds is 10. The summed E-state index contributed by atoms with van der Waals surface area (Å²) in [6, 6.07) is 2.69. The fourth-order valence-electron chi connectivity index (χ4n) is 2.12. The van der Waals surface area contributed by atoms with Gasteiger partial charge in [0.1, 0.15) is 0 Å². The zero-order valence-corrected chi connectivity index (χ0v) is 16.0. The maximum atomic E-state index is 6.44. The van der Waals surface area contributed by atoms with Gasteiger partial charge in [0, 0.05) is 0 Å². The SMILES string of the molecule is CCCC[SiH](CCCC)O[Si](C)(C)O[SiH](C)C. The Balaban J connectivity index is 4.18. The lowest BCUT2D eigenvalue weighted by Crippen LogP contribution is -2.43. The Bertz CT molecular complexity index is 179. The molecule has 0 N–H and O–H groups in total. The molecule has 0 amide bonds. The molecule has 0 fully saturated rings. The van der Waals surface area contributed by atoms with Crippen molar-refractivity contribution in [1.29, 1.82) is 0 Å². The third-order valence-corrected chi connectivity index (χ3v) is 12.6. The van der Waals surface area contributed by atoms with Gasteiger partial charge in [0.05, 0.1) is 0 Å². The summed E-state index contributed by atoms with van der Waals surface area (Å²) < 4.78 is 12.6. The van der Waals surface area contributed by atoms with E-state index in [0.29, 0.717) is 0 Å². The van der Waals surface area contributed by atoms with Crippen LogP contribution >= 0.6 is 0 Å².